The van der Waals surface area contributed by atoms with Gasteiger partial charge in [0, 0.05) is 19.6 Å². The van der Waals surface area contributed by atoms with Crippen molar-refractivity contribution in [3.8, 4) is 0 Å². The minimum Gasteiger partial charge on any atom is -0.386 e. The number of rotatable bonds is 5. The van der Waals surface area contributed by atoms with E-state index in [1.54, 1.807) is 0 Å². The largest absolute Gasteiger partial charge is 0.418 e. The van der Waals surface area contributed by atoms with Crippen LogP contribution in [0.1, 0.15) is 12.8 Å². The van der Waals surface area contributed by atoms with Gasteiger partial charge in [-0.3, -0.25) is 9.55 Å². The molecule has 0 radical (unpaired) electrons. The molecule has 5 N–H and O–H groups in total. The minimum atomic E-state index is -4.81. The summed E-state index contributed by atoms with van der Waals surface area (Å²) in [4.78, 5) is 17.8. The molecule has 0 aromatic heterocycles. The third-order valence-electron chi connectivity index (χ3n) is 4.36. The Bertz CT molecular complexity index is 806. The smallest absolute Gasteiger partial charge is 0.386 e. The SMILES string of the molecule is NC(=NC1CN(S(N)(=O)=O)C1)[C@@H]1CC[C@@H]2CN1C(=O)N2OS(=O)(=O)O. The topological polar surface area (TPSA) is 189 Å². The number of fused-ring (bicyclic) bond motifs is 2. The summed E-state index contributed by atoms with van der Waals surface area (Å²) in [6.45, 7) is 0.408. The fourth-order valence-corrected chi connectivity index (χ4v) is 4.29. The van der Waals surface area contributed by atoms with Gasteiger partial charge in [-0.15, -0.1) is 4.28 Å². The van der Waals surface area contributed by atoms with Crippen LogP contribution in [0.3, 0.4) is 0 Å². The van der Waals surface area contributed by atoms with E-state index >= 15 is 0 Å². The van der Waals surface area contributed by atoms with Crippen molar-refractivity contribution < 1.29 is 30.5 Å². The lowest BCUT2D eigenvalue weighted by Gasteiger charge is -2.36. The van der Waals surface area contributed by atoms with Crippen molar-refractivity contribution in [2.24, 2.45) is 15.9 Å². The van der Waals surface area contributed by atoms with E-state index in [1.807, 2.05) is 0 Å². The van der Waals surface area contributed by atoms with E-state index < -0.39 is 38.7 Å². The standard InChI is InChI=1S/C10H18N6O7S2/c11-9(13-6-3-14(4-6)24(12,18)19)8-2-1-7-5-15(8)10(17)16(7)23-25(20,21)22/h6-8H,1-5H2,(H2,11,13)(H2,12,18,19)(H,20,21,22)/t7-,8+/m1/s1. The first-order valence-corrected chi connectivity index (χ1v) is 10.2. The molecule has 0 aromatic carbocycles. The summed E-state index contributed by atoms with van der Waals surface area (Å²) in [6, 6.07) is -2.15. The molecule has 142 valence electrons. The van der Waals surface area contributed by atoms with Crippen LogP contribution in [0.15, 0.2) is 4.99 Å². The predicted octanol–water partition coefficient (Wildman–Crippen LogP) is -2.77. The van der Waals surface area contributed by atoms with E-state index in [9.17, 15) is 21.6 Å². The van der Waals surface area contributed by atoms with Crippen LogP contribution in [0, 0.1) is 0 Å². The summed E-state index contributed by atoms with van der Waals surface area (Å²) in [5.41, 5.74) is 5.96. The van der Waals surface area contributed by atoms with Crippen molar-refractivity contribution in [1.82, 2.24) is 14.3 Å². The normalized spacial score (nSPS) is 29.2. The Morgan fingerprint density at radius 3 is 2.40 bits per heavy atom. The molecular formula is C10H18N6O7S2. The summed E-state index contributed by atoms with van der Waals surface area (Å²) < 4.78 is 58.1. The maximum Gasteiger partial charge on any atom is 0.418 e. The van der Waals surface area contributed by atoms with Crippen LogP contribution in [0.5, 0.6) is 0 Å². The first kappa shape index (κ1) is 18.3. The highest BCUT2D eigenvalue weighted by molar-refractivity contribution is 7.86. The highest BCUT2D eigenvalue weighted by atomic mass is 32.3. The quantitative estimate of drug-likeness (QED) is 0.252. The molecule has 0 aliphatic carbocycles. The average Bonchev–Trinajstić information content (AvgIpc) is 2.64. The number of hydroxylamine groups is 2. The Hall–Kier alpha value is -1.52. The summed E-state index contributed by atoms with van der Waals surface area (Å²) in [5, 5.41) is 5.61. The molecule has 0 unspecified atom stereocenters. The number of carbonyl (C=O) groups excluding carboxylic acids is 1. The Balaban J connectivity index is 1.67. The number of amidine groups is 1. The van der Waals surface area contributed by atoms with E-state index in [4.69, 9.17) is 15.4 Å². The molecule has 15 heteroatoms. The molecule has 3 aliphatic heterocycles. The monoisotopic (exact) mass is 398 g/mol. The summed E-state index contributed by atoms with van der Waals surface area (Å²) >= 11 is 0. The molecule has 3 fully saturated rings. The number of nitrogens with two attached hydrogens (primary N) is 2. The van der Waals surface area contributed by atoms with Gasteiger partial charge in [0.05, 0.1) is 18.1 Å². The molecule has 0 spiro atoms. The number of hydrogen-bond acceptors (Lipinski definition) is 7. The van der Waals surface area contributed by atoms with Crippen LogP contribution >= 0.6 is 0 Å². The lowest BCUT2D eigenvalue weighted by atomic mass is 10.00. The number of urea groups is 1. The van der Waals surface area contributed by atoms with E-state index in [1.165, 1.54) is 4.90 Å². The first-order valence-electron chi connectivity index (χ1n) is 7.33. The predicted molar refractivity (Wildman–Crippen MR) is 83.5 cm³/mol. The lowest BCUT2D eigenvalue weighted by molar-refractivity contribution is -0.0316. The molecule has 0 aromatic rings. The number of nitrogens with zero attached hydrogens (tertiary/aromatic N) is 4. The van der Waals surface area contributed by atoms with Crippen molar-refractivity contribution in [2.75, 3.05) is 19.6 Å². The van der Waals surface area contributed by atoms with Gasteiger partial charge in [0.1, 0.15) is 5.84 Å². The van der Waals surface area contributed by atoms with Gasteiger partial charge in [-0.05, 0) is 12.8 Å². The number of piperidine rings is 1. The summed E-state index contributed by atoms with van der Waals surface area (Å²) in [7, 11) is -8.55. The fourth-order valence-electron chi connectivity index (χ4n) is 3.14. The van der Waals surface area contributed by atoms with Crippen molar-refractivity contribution in [2.45, 2.75) is 31.0 Å². The lowest BCUT2D eigenvalue weighted by Crippen LogP contribution is -2.56. The van der Waals surface area contributed by atoms with Gasteiger partial charge in [-0.2, -0.15) is 26.2 Å². The van der Waals surface area contributed by atoms with Crippen LogP contribution in [-0.2, 0) is 24.9 Å². The van der Waals surface area contributed by atoms with Crippen LogP contribution in [-0.4, -0.2) is 85.3 Å². The molecule has 3 heterocycles. The second kappa shape index (κ2) is 6.03. The second-order valence-electron chi connectivity index (χ2n) is 6.08. The molecule has 2 amide bonds. The van der Waals surface area contributed by atoms with Gasteiger partial charge in [-0.25, -0.2) is 9.93 Å². The van der Waals surface area contributed by atoms with Crippen LogP contribution in [0.25, 0.3) is 0 Å². The van der Waals surface area contributed by atoms with Crippen molar-refractivity contribution in [3.63, 3.8) is 0 Å². The first-order chi connectivity index (χ1) is 11.5. The van der Waals surface area contributed by atoms with Crippen molar-refractivity contribution in [1.29, 1.82) is 0 Å². The number of aliphatic imine (C=N–C) groups is 1. The fraction of sp³-hybridized carbons (Fsp3) is 0.800. The van der Waals surface area contributed by atoms with Crippen LogP contribution < -0.4 is 10.9 Å². The zero-order valence-corrected chi connectivity index (χ0v) is 14.6. The van der Waals surface area contributed by atoms with Crippen molar-refractivity contribution in [3.05, 3.63) is 0 Å². The van der Waals surface area contributed by atoms with Crippen LogP contribution in [0.4, 0.5) is 4.79 Å². The third kappa shape index (κ3) is 3.70. The minimum absolute atomic E-state index is 0.112. The zero-order valence-electron chi connectivity index (χ0n) is 12.9. The summed E-state index contributed by atoms with van der Waals surface area (Å²) in [5.74, 6) is 0.152. The van der Waals surface area contributed by atoms with E-state index in [-0.39, 0.29) is 31.5 Å². The Morgan fingerprint density at radius 2 is 1.84 bits per heavy atom. The zero-order chi connectivity index (χ0) is 18.6. The number of amides is 2. The second-order valence-corrected chi connectivity index (χ2v) is 8.63. The molecule has 0 saturated carbocycles. The molecule has 2 atom stereocenters. The van der Waals surface area contributed by atoms with Gasteiger partial charge >= 0.3 is 16.4 Å². The number of hydrogen-bond donors (Lipinski definition) is 3. The van der Waals surface area contributed by atoms with Gasteiger partial charge in [-0.1, -0.05) is 0 Å². The number of carbonyl (C=O) groups is 1. The average molecular weight is 398 g/mol. The molecule has 25 heavy (non-hydrogen) atoms. The molecular weight excluding hydrogens is 380 g/mol. The molecule has 3 saturated heterocycles. The van der Waals surface area contributed by atoms with Crippen LogP contribution in [0.2, 0.25) is 0 Å². The van der Waals surface area contributed by atoms with Gasteiger partial charge < -0.3 is 10.6 Å². The van der Waals surface area contributed by atoms with E-state index in [0.29, 0.717) is 17.9 Å². The summed E-state index contributed by atoms with van der Waals surface area (Å²) in [6.07, 6.45) is 0.843. The molecule has 2 bridgehead atoms. The Morgan fingerprint density at radius 1 is 1.20 bits per heavy atom. The maximum absolute atomic E-state index is 12.3. The Labute approximate surface area is 144 Å². The Kier molecular flexibility index (Phi) is 4.41. The van der Waals surface area contributed by atoms with Crippen molar-refractivity contribution >= 4 is 32.5 Å². The molecule has 3 rings (SSSR count). The highest BCUT2D eigenvalue weighted by Crippen LogP contribution is 2.31. The molecule has 13 nitrogen and oxygen atoms in total. The van der Waals surface area contributed by atoms with Gasteiger partial charge in [0.2, 0.25) is 0 Å². The molecule has 3 aliphatic rings. The van der Waals surface area contributed by atoms with Gasteiger partial charge in [0.25, 0.3) is 10.2 Å². The maximum atomic E-state index is 12.3. The van der Waals surface area contributed by atoms with Gasteiger partial charge in [0.15, 0.2) is 0 Å². The van der Waals surface area contributed by atoms with E-state index in [0.717, 1.165) is 4.31 Å². The third-order valence-corrected chi connectivity index (χ3v) is 5.73. The van der Waals surface area contributed by atoms with E-state index in [2.05, 4.69) is 9.28 Å². The highest BCUT2D eigenvalue weighted by Gasteiger charge is 2.48.